The summed E-state index contributed by atoms with van der Waals surface area (Å²) in [6.45, 7) is 1.49. The van der Waals surface area contributed by atoms with Gasteiger partial charge < -0.3 is 14.8 Å². The predicted octanol–water partition coefficient (Wildman–Crippen LogP) is 4.05. The van der Waals surface area contributed by atoms with Gasteiger partial charge in [0.05, 0.1) is 11.0 Å². The number of Topliss-reactive ketones (excluding diaryl/α,β-unsaturated/α-hetero) is 1. The average molecular weight is 431 g/mol. The normalized spacial score (nSPS) is 19.6. The lowest BCUT2D eigenvalue weighted by Crippen LogP contribution is -2.49. The Morgan fingerprint density at radius 2 is 2.00 bits per heavy atom. The van der Waals surface area contributed by atoms with Gasteiger partial charge in [-0.1, -0.05) is 36.2 Å². The first kappa shape index (κ1) is 21.8. The van der Waals surface area contributed by atoms with Crippen LogP contribution in [-0.4, -0.2) is 35.7 Å². The van der Waals surface area contributed by atoms with Crippen molar-refractivity contribution < 1.29 is 23.9 Å². The fraction of sp³-hybridized carbons (Fsp3) is 0.364. The minimum absolute atomic E-state index is 0.0400. The molecule has 7 nitrogen and oxygen atoms in total. The van der Waals surface area contributed by atoms with Gasteiger partial charge in [0.2, 0.25) is 6.29 Å². The second-order valence-corrected chi connectivity index (χ2v) is 7.57. The number of rotatable bonds is 6. The Bertz CT molecular complexity index is 921. The fourth-order valence-electron chi connectivity index (χ4n) is 3.65. The molecule has 8 heteroatoms. The highest BCUT2D eigenvalue weighted by Crippen LogP contribution is 2.39. The molecule has 0 bridgehead atoms. The average Bonchev–Trinajstić information content (AvgIpc) is 2.74. The van der Waals surface area contributed by atoms with Crippen molar-refractivity contribution in [1.29, 1.82) is 0 Å². The molecule has 1 heterocycles. The third-order valence-corrected chi connectivity index (χ3v) is 5.49. The van der Waals surface area contributed by atoms with E-state index in [-0.39, 0.29) is 17.9 Å². The molecule has 3 rings (SSSR count). The van der Waals surface area contributed by atoms with Gasteiger partial charge in [0.1, 0.15) is 5.78 Å². The van der Waals surface area contributed by atoms with Crippen LogP contribution < -0.4 is 5.32 Å². The van der Waals surface area contributed by atoms with Crippen molar-refractivity contribution in [3.05, 3.63) is 64.9 Å². The number of esters is 1. The van der Waals surface area contributed by atoms with Gasteiger partial charge >= 0.3 is 12.1 Å². The molecule has 1 fully saturated rings. The second kappa shape index (κ2) is 9.71. The third kappa shape index (κ3) is 4.97. The molecule has 0 spiro atoms. The number of nitrogens with zero attached hydrogens (tertiary/aromatic N) is 1. The largest absolute Gasteiger partial charge is 0.422 e. The van der Waals surface area contributed by atoms with Crippen LogP contribution in [0.1, 0.15) is 48.5 Å². The number of halogens is 1. The molecule has 1 saturated carbocycles. The van der Waals surface area contributed by atoms with Gasteiger partial charge in [0.25, 0.3) is 0 Å². The molecule has 2 atom stereocenters. The standard InChI is InChI=1S/C22H23ClN2O5/c1-15(29-20(27)16-7-6-12-24-13-16)30-21(28)25-14-22(11-5-4-10-19(22)26)17-8-2-3-9-18(17)23/h2-3,6-9,12-13,15H,4-5,10-11,14H2,1H3,(H,25,28)/t15?,22-/m1/s1. The lowest BCUT2D eigenvalue weighted by atomic mass is 9.68. The summed E-state index contributed by atoms with van der Waals surface area (Å²) in [5.41, 5.74) is 0.0529. The van der Waals surface area contributed by atoms with E-state index >= 15 is 0 Å². The number of carbonyl (C=O) groups excluding carboxylic acids is 3. The van der Waals surface area contributed by atoms with Gasteiger partial charge in [-0.15, -0.1) is 0 Å². The van der Waals surface area contributed by atoms with E-state index in [1.165, 1.54) is 19.3 Å². The lowest BCUT2D eigenvalue weighted by Gasteiger charge is -2.36. The van der Waals surface area contributed by atoms with E-state index in [2.05, 4.69) is 10.3 Å². The Morgan fingerprint density at radius 1 is 1.20 bits per heavy atom. The smallest absolute Gasteiger partial charge is 0.410 e. The van der Waals surface area contributed by atoms with Crippen LogP contribution in [0, 0.1) is 0 Å². The van der Waals surface area contributed by atoms with Crippen LogP contribution in [0.2, 0.25) is 5.02 Å². The number of alkyl carbamates (subject to hydrolysis) is 1. The Labute approximate surface area is 179 Å². The zero-order valence-corrected chi connectivity index (χ0v) is 17.4. The van der Waals surface area contributed by atoms with E-state index in [0.717, 1.165) is 12.8 Å². The van der Waals surface area contributed by atoms with E-state index < -0.39 is 23.8 Å². The minimum atomic E-state index is -1.11. The highest BCUT2D eigenvalue weighted by atomic mass is 35.5. The summed E-state index contributed by atoms with van der Waals surface area (Å²) in [5, 5.41) is 3.14. The minimum Gasteiger partial charge on any atom is -0.422 e. The predicted molar refractivity (Wildman–Crippen MR) is 110 cm³/mol. The molecule has 1 aliphatic carbocycles. The molecule has 0 saturated heterocycles. The molecule has 158 valence electrons. The molecule has 1 unspecified atom stereocenters. The molecule has 1 N–H and O–H groups in total. The summed E-state index contributed by atoms with van der Waals surface area (Å²) in [6.07, 6.45) is 3.68. The van der Waals surface area contributed by atoms with Gasteiger partial charge in [-0.25, -0.2) is 9.59 Å². The van der Waals surface area contributed by atoms with E-state index in [0.29, 0.717) is 23.4 Å². The number of pyridine rings is 1. The van der Waals surface area contributed by atoms with Gasteiger partial charge in [-0.2, -0.15) is 0 Å². The highest BCUT2D eigenvalue weighted by Gasteiger charge is 2.43. The molecule has 2 aromatic rings. The van der Waals surface area contributed by atoms with Crippen molar-refractivity contribution >= 4 is 29.4 Å². The SMILES string of the molecule is CC(OC(=O)NC[C@@]1(c2ccccc2Cl)CCCCC1=O)OC(=O)c1cccnc1. The summed E-state index contributed by atoms with van der Waals surface area (Å²) in [6, 6.07) is 10.3. The quantitative estimate of drug-likeness (QED) is 0.548. The number of hydrogen-bond acceptors (Lipinski definition) is 6. The maximum absolute atomic E-state index is 12.9. The number of hydrogen-bond donors (Lipinski definition) is 1. The molecule has 30 heavy (non-hydrogen) atoms. The first-order valence-electron chi connectivity index (χ1n) is 9.76. The van der Waals surface area contributed by atoms with Crippen LogP contribution in [-0.2, 0) is 19.7 Å². The molecule has 1 aromatic carbocycles. The number of aromatic nitrogens is 1. The van der Waals surface area contributed by atoms with Crippen molar-refractivity contribution in [3.8, 4) is 0 Å². The van der Waals surface area contributed by atoms with E-state index in [9.17, 15) is 14.4 Å². The van der Waals surface area contributed by atoms with Crippen LogP contribution in [0.4, 0.5) is 4.79 Å². The molecular weight excluding hydrogens is 408 g/mol. The van der Waals surface area contributed by atoms with Crippen LogP contribution in [0.15, 0.2) is 48.8 Å². The summed E-state index contributed by atoms with van der Waals surface area (Å²) in [5.74, 6) is -0.614. The van der Waals surface area contributed by atoms with E-state index in [1.807, 2.05) is 12.1 Å². The number of amides is 1. The van der Waals surface area contributed by atoms with E-state index in [4.69, 9.17) is 21.1 Å². The number of ketones is 1. The lowest BCUT2D eigenvalue weighted by molar-refractivity contribution is -0.126. The van der Waals surface area contributed by atoms with Crippen LogP contribution in [0.25, 0.3) is 0 Å². The molecule has 0 aliphatic heterocycles. The number of ether oxygens (including phenoxy) is 2. The zero-order chi connectivity index (χ0) is 21.6. The maximum atomic E-state index is 12.9. The van der Waals surface area contributed by atoms with Crippen LogP contribution in [0.3, 0.4) is 0 Å². The molecule has 1 aromatic heterocycles. The Hall–Kier alpha value is -2.93. The number of nitrogens with one attached hydrogen (secondary N) is 1. The molecule has 0 radical (unpaired) electrons. The number of carbonyl (C=O) groups is 3. The Balaban J connectivity index is 1.63. The van der Waals surface area contributed by atoms with Gasteiger partial charge in [0, 0.05) is 37.3 Å². The second-order valence-electron chi connectivity index (χ2n) is 7.17. The summed E-state index contributed by atoms with van der Waals surface area (Å²) in [4.78, 5) is 41.0. The van der Waals surface area contributed by atoms with Gasteiger partial charge in [0.15, 0.2) is 0 Å². The molecular formula is C22H23ClN2O5. The maximum Gasteiger partial charge on any atom is 0.410 e. The van der Waals surface area contributed by atoms with Crippen molar-refractivity contribution in [2.24, 2.45) is 0 Å². The van der Waals surface area contributed by atoms with Crippen LogP contribution in [0.5, 0.6) is 0 Å². The molecule has 1 aliphatic rings. The Kier molecular flexibility index (Phi) is 7.05. The van der Waals surface area contributed by atoms with E-state index in [1.54, 1.807) is 24.3 Å². The Morgan fingerprint density at radius 3 is 2.70 bits per heavy atom. The third-order valence-electron chi connectivity index (χ3n) is 5.16. The summed E-state index contributed by atoms with van der Waals surface area (Å²) in [7, 11) is 0. The van der Waals surface area contributed by atoms with Crippen molar-refractivity contribution in [2.75, 3.05) is 6.54 Å². The monoisotopic (exact) mass is 430 g/mol. The van der Waals surface area contributed by atoms with Crippen molar-refractivity contribution in [1.82, 2.24) is 10.3 Å². The highest BCUT2D eigenvalue weighted by molar-refractivity contribution is 6.31. The first-order valence-corrected chi connectivity index (χ1v) is 10.1. The van der Waals surface area contributed by atoms with Gasteiger partial charge in [-0.05, 0) is 36.6 Å². The summed E-state index contributed by atoms with van der Waals surface area (Å²) >= 11 is 6.37. The zero-order valence-electron chi connectivity index (χ0n) is 16.6. The van der Waals surface area contributed by atoms with Crippen molar-refractivity contribution in [3.63, 3.8) is 0 Å². The number of benzene rings is 1. The van der Waals surface area contributed by atoms with Gasteiger partial charge in [-0.3, -0.25) is 9.78 Å². The first-order chi connectivity index (χ1) is 14.4. The van der Waals surface area contributed by atoms with Crippen molar-refractivity contribution in [2.45, 2.75) is 44.3 Å². The van der Waals surface area contributed by atoms with Crippen LogP contribution >= 0.6 is 11.6 Å². The molecule has 1 amide bonds. The fourth-order valence-corrected chi connectivity index (χ4v) is 3.97. The summed E-state index contributed by atoms with van der Waals surface area (Å²) < 4.78 is 10.2. The topological polar surface area (TPSA) is 94.6 Å².